The molecule has 3 atom stereocenters. The van der Waals surface area contributed by atoms with E-state index in [2.05, 4.69) is 11.4 Å². The van der Waals surface area contributed by atoms with Crippen LogP contribution in [0.2, 0.25) is 0 Å². The van der Waals surface area contributed by atoms with Gasteiger partial charge in [-0.05, 0) is 25.8 Å². The summed E-state index contributed by atoms with van der Waals surface area (Å²) in [7, 11) is 0. The predicted molar refractivity (Wildman–Crippen MR) is 97.8 cm³/mol. The number of carbonyl (C=O) groups excluding carboxylic acids is 1. The van der Waals surface area contributed by atoms with Gasteiger partial charge in [0.05, 0.1) is 6.07 Å². The van der Waals surface area contributed by atoms with Crippen LogP contribution in [0.1, 0.15) is 19.4 Å². The minimum absolute atomic E-state index is 0. The average molecular weight is 347 g/mol. The molecule has 0 amide bonds. The number of benzene rings is 1. The zero-order valence-electron chi connectivity index (χ0n) is 12.0. The quantitative estimate of drug-likeness (QED) is 0.829. The van der Waals surface area contributed by atoms with Crippen LogP contribution in [0, 0.1) is 11.3 Å². The fraction of sp³-hybridized carbons (Fsp3) is 0.429. The third-order valence-corrected chi connectivity index (χ3v) is 3.38. The van der Waals surface area contributed by atoms with Crippen molar-refractivity contribution in [2.75, 3.05) is 0 Å². The Balaban J connectivity index is 0. The number of hydrogen-bond donors (Lipinski definition) is 1. The lowest BCUT2D eigenvalue weighted by Crippen LogP contribution is -2.63. The zero-order valence-corrected chi connectivity index (χ0v) is 15.0. The summed E-state index contributed by atoms with van der Waals surface area (Å²) < 4.78 is 5.25. The first-order valence-electron chi connectivity index (χ1n) is 5.98. The van der Waals surface area contributed by atoms with Gasteiger partial charge in [-0.25, -0.2) is 0 Å². The lowest BCUT2D eigenvalue weighted by molar-refractivity contribution is -0.161. The largest absolute Gasteiger partial charge is 0.458 e. The SMILES string of the molecule is C[C@@H]1OC(=O)[C@H](Cc2ccccc2)N[C@@]1(C)C#N.S.S.S. The van der Waals surface area contributed by atoms with E-state index in [0.717, 1.165) is 5.56 Å². The van der Waals surface area contributed by atoms with Crippen LogP contribution in [0.25, 0.3) is 0 Å². The Hall–Kier alpha value is -0.810. The van der Waals surface area contributed by atoms with Gasteiger partial charge in [-0.3, -0.25) is 10.1 Å². The van der Waals surface area contributed by atoms with Gasteiger partial charge in [0.2, 0.25) is 0 Å². The monoisotopic (exact) mass is 346 g/mol. The smallest absolute Gasteiger partial charge is 0.323 e. The number of rotatable bonds is 2. The van der Waals surface area contributed by atoms with Crippen molar-refractivity contribution in [2.45, 2.75) is 38.0 Å². The van der Waals surface area contributed by atoms with Crippen LogP contribution in [0.5, 0.6) is 0 Å². The van der Waals surface area contributed by atoms with Crippen molar-refractivity contribution in [3.63, 3.8) is 0 Å². The molecule has 0 saturated carbocycles. The molecule has 0 unspecified atom stereocenters. The predicted octanol–water partition coefficient (Wildman–Crippen LogP) is 1.75. The molecule has 0 radical (unpaired) electrons. The Bertz CT molecular complexity index is 493. The highest BCUT2D eigenvalue weighted by atomic mass is 32.1. The van der Waals surface area contributed by atoms with E-state index in [1.165, 1.54) is 0 Å². The molecule has 1 aromatic carbocycles. The number of carbonyl (C=O) groups is 1. The Labute approximate surface area is 146 Å². The summed E-state index contributed by atoms with van der Waals surface area (Å²) in [5.41, 5.74) is 0.217. The molecule has 0 aliphatic carbocycles. The highest BCUT2D eigenvalue weighted by molar-refractivity contribution is 7.59. The van der Waals surface area contributed by atoms with Gasteiger partial charge >= 0.3 is 5.97 Å². The number of nitrogens with zero attached hydrogens (tertiary/aromatic N) is 1. The van der Waals surface area contributed by atoms with E-state index in [0.29, 0.717) is 6.42 Å². The van der Waals surface area contributed by atoms with E-state index >= 15 is 0 Å². The summed E-state index contributed by atoms with van der Waals surface area (Å²) in [6.07, 6.45) is 0.0888. The molecular formula is C14H22N2O2S3. The molecule has 1 fully saturated rings. The summed E-state index contributed by atoms with van der Waals surface area (Å²) in [4.78, 5) is 11.8. The van der Waals surface area contributed by atoms with Gasteiger partial charge in [0.1, 0.15) is 17.7 Å². The van der Waals surface area contributed by atoms with Gasteiger partial charge in [-0.2, -0.15) is 45.7 Å². The van der Waals surface area contributed by atoms with Crippen molar-refractivity contribution in [1.82, 2.24) is 5.32 Å². The highest BCUT2D eigenvalue weighted by Gasteiger charge is 2.43. The molecule has 21 heavy (non-hydrogen) atoms. The molecule has 1 N–H and O–H groups in total. The van der Waals surface area contributed by atoms with E-state index in [9.17, 15) is 10.1 Å². The molecule has 4 nitrogen and oxygen atoms in total. The summed E-state index contributed by atoms with van der Waals surface area (Å²) in [5, 5.41) is 12.3. The van der Waals surface area contributed by atoms with Crippen molar-refractivity contribution < 1.29 is 9.53 Å². The fourth-order valence-corrected chi connectivity index (χ4v) is 2.02. The third kappa shape index (κ3) is 5.15. The second kappa shape index (κ2) is 9.26. The normalized spacial score (nSPS) is 27.0. The number of esters is 1. The van der Waals surface area contributed by atoms with Crippen molar-refractivity contribution in [3.8, 4) is 6.07 Å². The minimum Gasteiger partial charge on any atom is -0.458 e. The van der Waals surface area contributed by atoms with Crippen LogP contribution >= 0.6 is 40.5 Å². The maximum Gasteiger partial charge on any atom is 0.323 e. The van der Waals surface area contributed by atoms with Crippen molar-refractivity contribution >= 4 is 46.5 Å². The lowest BCUT2D eigenvalue weighted by atomic mass is 9.92. The molecular weight excluding hydrogens is 324 g/mol. The number of ether oxygens (including phenoxy) is 1. The van der Waals surface area contributed by atoms with Crippen LogP contribution in [0.15, 0.2) is 30.3 Å². The zero-order chi connectivity index (χ0) is 13.2. The van der Waals surface area contributed by atoms with Crippen LogP contribution in [-0.2, 0) is 16.0 Å². The van der Waals surface area contributed by atoms with E-state index in [4.69, 9.17) is 4.74 Å². The number of hydrogen-bond acceptors (Lipinski definition) is 4. The first-order valence-corrected chi connectivity index (χ1v) is 5.98. The molecule has 2 rings (SSSR count). The second-order valence-corrected chi connectivity index (χ2v) is 4.78. The third-order valence-electron chi connectivity index (χ3n) is 3.38. The summed E-state index contributed by atoms with van der Waals surface area (Å²) >= 11 is 0. The fourth-order valence-electron chi connectivity index (χ4n) is 2.02. The second-order valence-electron chi connectivity index (χ2n) is 4.78. The Kier molecular flexibility index (Phi) is 9.91. The maximum absolute atomic E-state index is 11.8. The van der Waals surface area contributed by atoms with Crippen molar-refractivity contribution in [1.29, 1.82) is 5.26 Å². The van der Waals surface area contributed by atoms with Gasteiger partial charge in [0.25, 0.3) is 0 Å². The molecule has 0 bridgehead atoms. The standard InChI is InChI=1S/C14H16N2O2.3H2S/c1-10-14(2,9-15)16-12(13(17)18-10)8-11-6-4-3-5-7-11;;;/h3-7,10,12,16H,8H2,1-2H3;3*1H2/t10-,12-,14-;;;/m0.../s1. The topological polar surface area (TPSA) is 62.1 Å². The molecule has 1 heterocycles. The van der Waals surface area contributed by atoms with Gasteiger partial charge in [0.15, 0.2) is 0 Å². The average Bonchev–Trinajstić information content (AvgIpc) is 2.37. The van der Waals surface area contributed by atoms with E-state index in [1.807, 2.05) is 30.3 Å². The van der Waals surface area contributed by atoms with Gasteiger partial charge < -0.3 is 4.74 Å². The number of nitrogens with one attached hydrogen (secondary N) is 1. The van der Waals surface area contributed by atoms with Crippen LogP contribution in [-0.4, -0.2) is 23.7 Å². The van der Waals surface area contributed by atoms with E-state index in [-0.39, 0.29) is 46.5 Å². The molecule has 0 aromatic heterocycles. The van der Waals surface area contributed by atoms with Crippen LogP contribution in [0.3, 0.4) is 0 Å². The van der Waals surface area contributed by atoms with Crippen molar-refractivity contribution in [3.05, 3.63) is 35.9 Å². The van der Waals surface area contributed by atoms with Crippen molar-refractivity contribution in [2.24, 2.45) is 0 Å². The molecule has 118 valence electrons. The van der Waals surface area contributed by atoms with Gasteiger partial charge in [0, 0.05) is 0 Å². The molecule has 1 aliphatic rings. The maximum atomic E-state index is 11.8. The Morgan fingerprint density at radius 3 is 2.38 bits per heavy atom. The summed E-state index contributed by atoms with van der Waals surface area (Å²) in [6, 6.07) is 11.4. The van der Waals surface area contributed by atoms with E-state index < -0.39 is 17.7 Å². The number of morpholine rings is 1. The van der Waals surface area contributed by atoms with Crippen LogP contribution in [0.4, 0.5) is 0 Å². The van der Waals surface area contributed by atoms with Gasteiger partial charge in [-0.15, -0.1) is 0 Å². The highest BCUT2D eigenvalue weighted by Crippen LogP contribution is 2.21. The van der Waals surface area contributed by atoms with Gasteiger partial charge in [-0.1, -0.05) is 30.3 Å². The summed E-state index contributed by atoms with van der Waals surface area (Å²) in [6.45, 7) is 3.48. The summed E-state index contributed by atoms with van der Waals surface area (Å²) in [5.74, 6) is -0.293. The Morgan fingerprint density at radius 2 is 1.86 bits per heavy atom. The first-order chi connectivity index (χ1) is 8.55. The Morgan fingerprint density at radius 1 is 1.29 bits per heavy atom. The minimum atomic E-state index is -0.826. The first kappa shape index (κ1) is 22.5. The molecule has 1 aromatic rings. The molecule has 1 aliphatic heterocycles. The van der Waals surface area contributed by atoms with E-state index in [1.54, 1.807) is 13.8 Å². The molecule has 0 spiro atoms. The molecule has 7 heteroatoms. The molecule has 1 saturated heterocycles. The number of nitriles is 1. The number of cyclic esters (lactones) is 1. The van der Waals surface area contributed by atoms with Crippen LogP contribution < -0.4 is 5.32 Å². The lowest BCUT2D eigenvalue weighted by Gasteiger charge is -2.38.